The van der Waals surface area contributed by atoms with E-state index in [0.717, 1.165) is 85.0 Å². The van der Waals surface area contributed by atoms with E-state index in [9.17, 15) is 24.2 Å². The number of anilines is 3. The number of hydrogen-bond acceptors (Lipinski definition) is 14. The maximum atomic E-state index is 14.7. The Morgan fingerprint density at radius 1 is 0.948 bits per heavy atom. The van der Waals surface area contributed by atoms with Crippen LogP contribution in [-0.4, -0.2) is 122 Å². The number of aliphatic hydroxyl groups excluding tert-OH is 1. The van der Waals surface area contributed by atoms with Crippen LogP contribution in [0, 0.1) is 0 Å². The average molecular weight is 1080 g/mol. The fourth-order valence-electron chi connectivity index (χ4n) is 13.0. The van der Waals surface area contributed by atoms with E-state index in [4.69, 9.17) is 24.3 Å². The molecule has 77 heavy (non-hydrogen) atoms. The lowest BCUT2D eigenvalue weighted by atomic mass is 9.77. The van der Waals surface area contributed by atoms with Gasteiger partial charge in [-0.05, 0) is 108 Å². The molecule has 5 aliphatic rings. The number of nitrogens with one attached hydrogen (secondary N) is 2. The largest absolute Gasteiger partial charge is 0.472 e. The molecule has 2 fully saturated rings. The van der Waals surface area contributed by atoms with E-state index in [1.165, 1.54) is 28.5 Å². The highest BCUT2D eigenvalue weighted by atomic mass is 31.2. The molecule has 412 valence electrons. The molecule has 0 aliphatic carbocycles. The van der Waals surface area contributed by atoms with Crippen LogP contribution in [0.25, 0.3) is 16.7 Å². The molecule has 5 aliphatic heterocycles. The number of fused-ring (bicyclic) bond motifs is 6. The molecule has 7 heterocycles. The number of hydrogen-bond donors (Lipinski definition) is 5. The predicted molar refractivity (Wildman–Crippen MR) is 296 cm³/mol. The second kappa shape index (κ2) is 21.4. The topological polar surface area (TPSA) is 232 Å². The fourth-order valence-corrected chi connectivity index (χ4v) is 13.9. The van der Waals surface area contributed by atoms with Gasteiger partial charge in [0.15, 0.2) is 28.7 Å². The number of nitrogen functional groups attached to an aromatic ring is 1. The first-order valence-corrected chi connectivity index (χ1v) is 29.0. The van der Waals surface area contributed by atoms with Gasteiger partial charge in [-0.15, -0.1) is 0 Å². The number of imidazole rings is 1. The van der Waals surface area contributed by atoms with Gasteiger partial charge < -0.3 is 45.6 Å². The number of carbonyl (C=O) groups excluding carboxylic acids is 2. The van der Waals surface area contributed by atoms with Gasteiger partial charge in [0.2, 0.25) is 17.2 Å². The zero-order valence-corrected chi connectivity index (χ0v) is 46.9. The standard InChI is InChI=1S/C57H75N10O9P/c1-10-65-41-27-43-39(25-37(41)33(3)29-56(65,5)6)47(40-26-38-34(4)30-57(7,8)66(11-2)42(38)28-44(40)74-43)35-19-14-15-20-36(35)53(70)64(9)24-18-21-46(68)59-22-16-12-13-17-23-60-55-63-48-51(58)61-32-62-52(48)67(55)54-49(69)50-45(75-54)31-73-77(71,72)76-50/h14-15,19-20,25-28,32-34,45,49-50,54,58,69H,10-13,16-18,21-24,29-31H2,1-9H3,(H3,59,68,70,71,72)/p+1/t33?,34?,45-,49-,50-,54-/m1/s1. The van der Waals surface area contributed by atoms with Crippen molar-refractivity contribution in [2.24, 2.45) is 0 Å². The molecule has 0 radical (unpaired) electrons. The number of rotatable bonds is 17. The third kappa shape index (κ3) is 10.3. The minimum Gasteiger partial charge on any atom is -0.456 e. The smallest absolute Gasteiger partial charge is 0.456 e. The second-order valence-electron chi connectivity index (χ2n) is 22.8. The molecule has 5 aromatic rings. The number of amides is 2. The molecule has 7 atom stereocenters. The van der Waals surface area contributed by atoms with Gasteiger partial charge in [-0.25, -0.2) is 24.1 Å². The number of aliphatic hydroxyl groups is 1. The van der Waals surface area contributed by atoms with Crippen LogP contribution in [0.3, 0.4) is 0 Å². The van der Waals surface area contributed by atoms with Gasteiger partial charge in [0.05, 0.1) is 12.7 Å². The highest BCUT2D eigenvalue weighted by molar-refractivity contribution is 7.47. The van der Waals surface area contributed by atoms with Crippen LogP contribution in [0.15, 0.2) is 54.9 Å². The summed E-state index contributed by atoms with van der Waals surface area (Å²) in [5, 5.41) is 19.7. The first-order valence-electron chi connectivity index (χ1n) is 27.5. The average Bonchev–Trinajstić information content (AvgIpc) is 4.03. The van der Waals surface area contributed by atoms with Gasteiger partial charge in [-0.3, -0.25) is 23.2 Å². The van der Waals surface area contributed by atoms with Crippen LogP contribution in [-0.2, 0) is 23.1 Å². The number of phosphoric ester groups is 1. The lowest BCUT2D eigenvalue weighted by Crippen LogP contribution is -2.52. The van der Waals surface area contributed by atoms with E-state index >= 15 is 0 Å². The third-order valence-corrected chi connectivity index (χ3v) is 17.5. The molecule has 0 bridgehead atoms. The number of aromatic nitrogens is 4. The van der Waals surface area contributed by atoms with Crippen molar-refractivity contribution in [1.29, 1.82) is 0 Å². The van der Waals surface area contributed by atoms with Crippen molar-refractivity contribution in [3.63, 3.8) is 0 Å². The fraction of sp³-hybridized carbons (Fsp3) is 0.544. The molecule has 19 nitrogen and oxygen atoms in total. The Bertz CT molecular complexity index is 3290. The van der Waals surface area contributed by atoms with E-state index in [0.29, 0.717) is 60.6 Å². The van der Waals surface area contributed by atoms with Crippen LogP contribution in [0.2, 0.25) is 0 Å². The summed E-state index contributed by atoms with van der Waals surface area (Å²) in [5.41, 5.74) is 14.0. The zero-order valence-electron chi connectivity index (χ0n) is 46.0. The van der Waals surface area contributed by atoms with E-state index in [2.05, 4.69) is 121 Å². The lowest BCUT2D eigenvalue weighted by molar-refractivity contribution is -0.121. The van der Waals surface area contributed by atoms with Crippen molar-refractivity contribution in [1.82, 2.24) is 34.3 Å². The summed E-state index contributed by atoms with van der Waals surface area (Å²) in [7, 11) is -2.51. The molecule has 3 unspecified atom stereocenters. The monoisotopic (exact) mass is 1080 g/mol. The van der Waals surface area contributed by atoms with Crippen molar-refractivity contribution >= 4 is 53.8 Å². The van der Waals surface area contributed by atoms with Crippen LogP contribution >= 0.6 is 7.82 Å². The summed E-state index contributed by atoms with van der Waals surface area (Å²) in [4.78, 5) is 54.9. The minimum absolute atomic E-state index is 0.0188. The van der Waals surface area contributed by atoms with Crippen LogP contribution in [0.5, 0.6) is 11.5 Å². The normalized spacial score (nSPS) is 24.8. The molecule has 0 spiro atoms. The Kier molecular flexibility index (Phi) is 15.1. The van der Waals surface area contributed by atoms with Crippen LogP contribution < -0.4 is 41.2 Å². The molecular weight excluding hydrogens is 1000 g/mol. The first kappa shape index (κ1) is 54.4. The summed E-state index contributed by atoms with van der Waals surface area (Å²) in [6.45, 7) is 21.4. The van der Waals surface area contributed by atoms with Gasteiger partial charge in [0.25, 0.3) is 5.91 Å². The predicted octanol–water partition coefficient (Wildman–Crippen LogP) is 7.09. The van der Waals surface area contributed by atoms with Crippen molar-refractivity contribution in [3.05, 3.63) is 93.3 Å². The van der Waals surface area contributed by atoms with E-state index in [1.807, 2.05) is 25.2 Å². The third-order valence-electron chi connectivity index (χ3n) is 16.5. The van der Waals surface area contributed by atoms with Gasteiger partial charge in [-0.1, -0.05) is 44.9 Å². The minimum atomic E-state index is -4.33. The van der Waals surface area contributed by atoms with Crippen molar-refractivity contribution < 1.29 is 42.7 Å². The quantitative estimate of drug-likeness (QED) is 0.0349. The molecule has 20 heteroatoms. The molecule has 0 saturated carbocycles. The highest BCUT2D eigenvalue weighted by Crippen LogP contribution is 2.53. The van der Waals surface area contributed by atoms with Crippen LogP contribution in [0.4, 0.5) is 17.5 Å². The summed E-state index contributed by atoms with van der Waals surface area (Å²) in [6.07, 6.45) is 3.15. The van der Waals surface area contributed by atoms with Gasteiger partial charge >= 0.3 is 7.82 Å². The van der Waals surface area contributed by atoms with Gasteiger partial charge in [0.1, 0.15) is 42.7 Å². The highest BCUT2D eigenvalue weighted by Gasteiger charge is 2.53. The van der Waals surface area contributed by atoms with E-state index in [1.54, 1.807) is 9.47 Å². The Balaban J connectivity index is 0.775. The Labute approximate surface area is 450 Å². The van der Waals surface area contributed by atoms with Gasteiger partial charge in [0, 0.05) is 90.8 Å². The maximum Gasteiger partial charge on any atom is 0.472 e. The summed E-state index contributed by atoms with van der Waals surface area (Å²) < 4.78 is 39.3. The molecule has 2 saturated heterocycles. The first-order chi connectivity index (χ1) is 36.7. The number of carbonyl (C=O) groups is 2. The maximum absolute atomic E-state index is 14.7. The summed E-state index contributed by atoms with van der Waals surface area (Å²) >= 11 is 0. The van der Waals surface area contributed by atoms with E-state index in [-0.39, 0.29) is 41.7 Å². The summed E-state index contributed by atoms with van der Waals surface area (Å²) in [5.74, 6) is 2.56. The number of phosphoric acid groups is 1. The number of nitrogens with two attached hydrogens (primary N) is 1. The summed E-state index contributed by atoms with van der Waals surface area (Å²) in [6, 6.07) is 17.1. The number of unbranched alkanes of at least 4 members (excludes halogenated alkanes) is 3. The molecule has 2 aromatic heterocycles. The lowest BCUT2D eigenvalue weighted by Gasteiger charge is -2.47. The van der Waals surface area contributed by atoms with Gasteiger partial charge in [-0.2, -0.15) is 0 Å². The Morgan fingerprint density at radius 3 is 2.47 bits per heavy atom. The molecule has 6 N–H and O–H groups in total. The Morgan fingerprint density at radius 2 is 1.70 bits per heavy atom. The van der Waals surface area contributed by atoms with Crippen molar-refractivity contribution in [3.8, 4) is 11.5 Å². The van der Waals surface area contributed by atoms with E-state index < -0.39 is 32.4 Å². The molecule has 10 rings (SSSR count). The number of ether oxygens (including phenoxy) is 2. The molecule has 3 aromatic carbocycles. The molecular formula is C57H76N10O9P+. The molecule has 2 amide bonds. The second-order valence-corrected chi connectivity index (χ2v) is 24.2. The SMILES string of the molecule is CCN1c2cc3c(cc2C(C)CC1(C)C)C(c1ccccc1C(=O)N(C)CCCC(=O)NCCCCCCNc1nc2c(N)ncnc2n1[C@@H]1O[C@@H]2COP(=O)(O)O[C@H]2[C@H]1O)=c1cc2c(cc1O3)=[N+](CC)C(C)(C)CC2C. The number of benzene rings is 3. The van der Waals surface area contributed by atoms with Crippen molar-refractivity contribution in [2.45, 2.75) is 154 Å². The Hall–Kier alpha value is -5.95. The number of nitrogens with zero attached hydrogens (tertiary/aromatic N) is 7. The van der Waals surface area contributed by atoms with Crippen molar-refractivity contribution in [2.75, 3.05) is 62.3 Å². The van der Waals surface area contributed by atoms with Crippen LogP contribution in [0.1, 0.15) is 157 Å². The zero-order chi connectivity index (χ0) is 54.7.